The number of imide groups is 2. The minimum Gasteiger partial charge on any atom is -0.459 e. The predicted molar refractivity (Wildman–Crippen MR) is 137 cm³/mol. The topological polar surface area (TPSA) is 151 Å². The van der Waals surface area contributed by atoms with E-state index >= 15 is 0 Å². The molecule has 0 radical (unpaired) electrons. The Hall–Kier alpha value is -4.74. The van der Waals surface area contributed by atoms with E-state index in [-0.39, 0.29) is 13.2 Å². The molecule has 40 heavy (non-hydrogen) atoms. The van der Waals surface area contributed by atoms with E-state index in [1.165, 1.54) is 13.8 Å². The maximum Gasteiger partial charge on any atom is 0.326 e. The Morgan fingerprint density at radius 1 is 0.675 bits per heavy atom. The van der Waals surface area contributed by atoms with Crippen molar-refractivity contribution in [3.8, 4) is 0 Å². The lowest BCUT2D eigenvalue weighted by Crippen LogP contribution is -2.91. The van der Waals surface area contributed by atoms with Crippen molar-refractivity contribution in [2.45, 2.75) is 39.1 Å². The molecule has 4 atom stereocenters. The first-order valence-corrected chi connectivity index (χ1v) is 12.7. The van der Waals surface area contributed by atoms with Gasteiger partial charge < -0.3 is 19.3 Å². The Morgan fingerprint density at radius 3 is 1.38 bits per heavy atom. The number of nitrogens with one attached hydrogen (secondary N) is 2. The fourth-order valence-corrected chi connectivity index (χ4v) is 5.89. The quantitative estimate of drug-likeness (QED) is 0.469. The van der Waals surface area contributed by atoms with Crippen LogP contribution in [0, 0.1) is 10.8 Å². The monoisotopic (exact) mass is 548 g/mol. The molecular formula is C28H28N4O8. The number of hydrogen-bond donors (Lipinski definition) is 2. The van der Waals surface area contributed by atoms with Gasteiger partial charge in [0.25, 0.3) is 0 Å². The summed E-state index contributed by atoms with van der Waals surface area (Å²) in [6.07, 6.45) is 0. The fourth-order valence-electron chi connectivity index (χ4n) is 5.89. The largest absolute Gasteiger partial charge is 0.459 e. The molecule has 208 valence electrons. The standard InChI is InChI=1S/C28H28N4O8/c1-27-21(31(25(37)29-23(27)35)13-19(33)39-15-17-9-5-3-6-10-17)22-28(27,2)24(36)30-26(38)32(22)14-20(34)40-16-18-11-7-4-8-12-18/h3-12,21-22H,13-16H2,1-2H3,(H,29,35,37)(H,30,36,38)/t21?,22?,27-,28-/m1/s1. The molecule has 2 unspecified atom stereocenters. The van der Waals surface area contributed by atoms with Crippen molar-refractivity contribution in [1.82, 2.24) is 20.4 Å². The highest BCUT2D eigenvalue weighted by Gasteiger charge is 2.81. The van der Waals surface area contributed by atoms with Crippen LogP contribution in [-0.4, -0.2) is 70.8 Å². The lowest BCUT2D eigenvalue weighted by Gasteiger charge is -2.70. The van der Waals surface area contributed by atoms with Crippen LogP contribution in [0.25, 0.3) is 0 Å². The molecule has 3 fully saturated rings. The molecule has 1 aliphatic carbocycles. The minimum atomic E-state index is -1.51. The molecular weight excluding hydrogens is 520 g/mol. The van der Waals surface area contributed by atoms with E-state index < -0.39 is 71.8 Å². The van der Waals surface area contributed by atoms with Crippen LogP contribution in [0.3, 0.4) is 0 Å². The van der Waals surface area contributed by atoms with E-state index in [9.17, 15) is 28.8 Å². The van der Waals surface area contributed by atoms with E-state index in [2.05, 4.69) is 10.6 Å². The average Bonchev–Trinajstić information content (AvgIpc) is 2.94. The second-order valence-corrected chi connectivity index (χ2v) is 10.4. The summed E-state index contributed by atoms with van der Waals surface area (Å²) < 4.78 is 10.7. The minimum absolute atomic E-state index is 0.0303. The lowest BCUT2D eigenvalue weighted by molar-refractivity contribution is -0.215. The molecule has 3 aliphatic rings. The predicted octanol–water partition coefficient (Wildman–Crippen LogP) is 1.34. The zero-order chi connectivity index (χ0) is 28.7. The zero-order valence-electron chi connectivity index (χ0n) is 21.9. The summed E-state index contributed by atoms with van der Waals surface area (Å²) in [7, 11) is 0. The van der Waals surface area contributed by atoms with Crippen LogP contribution in [0.4, 0.5) is 9.59 Å². The molecule has 2 aromatic rings. The summed E-state index contributed by atoms with van der Waals surface area (Å²) in [4.78, 5) is 80.0. The smallest absolute Gasteiger partial charge is 0.326 e. The number of rotatable bonds is 8. The van der Waals surface area contributed by atoms with Crippen LogP contribution in [0.15, 0.2) is 60.7 Å². The number of carbonyl (C=O) groups excluding carboxylic acids is 6. The van der Waals surface area contributed by atoms with Gasteiger partial charge in [-0.05, 0) is 25.0 Å². The third-order valence-corrected chi connectivity index (χ3v) is 8.22. The van der Waals surface area contributed by atoms with Crippen molar-refractivity contribution in [3.63, 3.8) is 0 Å². The number of carbonyl (C=O) groups is 6. The molecule has 0 aromatic heterocycles. The van der Waals surface area contributed by atoms with Gasteiger partial charge in [0.1, 0.15) is 26.3 Å². The van der Waals surface area contributed by atoms with Crippen molar-refractivity contribution in [2.75, 3.05) is 13.1 Å². The zero-order valence-corrected chi connectivity index (χ0v) is 21.9. The molecule has 0 bridgehead atoms. The van der Waals surface area contributed by atoms with E-state index in [0.29, 0.717) is 0 Å². The van der Waals surface area contributed by atoms with E-state index in [0.717, 1.165) is 20.9 Å². The molecule has 2 saturated heterocycles. The van der Waals surface area contributed by atoms with E-state index in [1.807, 2.05) is 12.1 Å². The Morgan fingerprint density at radius 2 is 1.02 bits per heavy atom. The van der Waals surface area contributed by atoms with Crippen molar-refractivity contribution >= 4 is 35.8 Å². The van der Waals surface area contributed by atoms with Crippen LogP contribution < -0.4 is 10.6 Å². The summed E-state index contributed by atoms with van der Waals surface area (Å²) in [5.41, 5.74) is -1.54. The van der Waals surface area contributed by atoms with Gasteiger partial charge in [-0.25, -0.2) is 9.59 Å². The molecule has 2 aliphatic heterocycles. The Labute approximate surface area is 229 Å². The summed E-state index contributed by atoms with van der Waals surface area (Å²) in [5.74, 6) is -2.92. The Balaban J connectivity index is 1.38. The van der Waals surface area contributed by atoms with Crippen molar-refractivity contribution in [1.29, 1.82) is 0 Å². The van der Waals surface area contributed by atoms with Crippen LogP contribution in [0.2, 0.25) is 0 Å². The first-order chi connectivity index (χ1) is 19.1. The first-order valence-electron chi connectivity index (χ1n) is 12.7. The molecule has 0 spiro atoms. The van der Waals surface area contributed by atoms with Gasteiger partial charge in [0.05, 0.1) is 22.9 Å². The lowest BCUT2D eigenvalue weighted by atomic mass is 9.42. The number of benzene rings is 2. The van der Waals surface area contributed by atoms with E-state index in [1.54, 1.807) is 48.5 Å². The van der Waals surface area contributed by atoms with Gasteiger partial charge in [-0.2, -0.15) is 0 Å². The van der Waals surface area contributed by atoms with Crippen LogP contribution >= 0.6 is 0 Å². The van der Waals surface area contributed by atoms with Crippen molar-refractivity contribution in [3.05, 3.63) is 71.8 Å². The summed E-state index contributed by atoms with van der Waals surface area (Å²) in [5, 5.41) is 4.46. The summed E-state index contributed by atoms with van der Waals surface area (Å²) in [6.45, 7) is 1.86. The number of fused-ring (bicyclic) bond motifs is 4. The molecule has 2 heterocycles. The SMILES string of the molecule is C[C@]12C(=O)NC(=O)N(CC(=O)OCc3ccccc3)C1C1N(CC(=O)OCc3ccccc3)C(=O)NC(=O)[C@@]12C. The first kappa shape index (κ1) is 26.9. The van der Waals surface area contributed by atoms with Gasteiger partial charge in [0.15, 0.2) is 0 Å². The van der Waals surface area contributed by atoms with Crippen LogP contribution in [0.1, 0.15) is 25.0 Å². The average molecular weight is 549 g/mol. The van der Waals surface area contributed by atoms with Gasteiger partial charge in [-0.3, -0.25) is 29.8 Å². The van der Waals surface area contributed by atoms with Gasteiger partial charge in [0.2, 0.25) is 11.8 Å². The molecule has 5 rings (SSSR count). The molecule has 1 saturated carbocycles. The highest BCUT2D eigenvalue weighted by atomic mass is 16.5. The third kappa shape index (κ3) is 4.25. The maximum absolute atomic E-state index is 13.2. The highest BCUT2D eigenvalue weighted by molar-refractivity contribution is 6.11. The number of ether oxygens (including phenoxy) is 2. The van der Waals surface area contributed by atoms with Gasteiger partial charge >= 0.3 is 24.0 Å². The van der Waals surface area contributed by atoms with Gasteiger partial charge in [-0.1, -0.05) is 60.7 Å². The highest BCUT2D eigenvalue weighted by Crippen LogP contribution is 2.62. The van der Waals surface area contributed by atoms with E-state index in [4.69, 9.17) is 9.47 Å². The number of hydrogen-bond acceptors (Lipinski definition) is 8. The van der Waals surface area contributed by atoms with Crippen LogP contribution in [-0.2, 0) is 41.9 Å². The van der Waals surface area contributed by atoms with Crippen molar-refractivity contribution < 1.29 is 38.2 Å². The molecule has 12 nitrogen and oxygen atoms in total. The number of esters is 2. The maximum atomic E-state index is 13.2. The number of urea groups is 2. The second-order valence-electron chi connectivity index (χ2n) is 10.4. The Kier molecular flexibility index (Phi) is 6.78. The molecule has 6 amide bonds. The van der Waals surface area contributed by atoms with Crippen molar-refractivity contribution in [2.24, 2.45) is 10.8 Å². The van der Waals surface area contributed by atoms with Gasteiger partial charge in [-0.15, -0.1) is 0 Å². The molecule has 2 N–H and O–H groups in total. The molecule has 12 heteroatoms. The number of amides is 6. The normalized spacial score (nSPS) is 27.1. The Bertz CT molecular complexity index is 1280. The molecule has 2 aromatic carbocycles. The van der Waals surface area contributed by atoms with Gasteiger partial charge in [0, 0.05) is 0 Å². The number of nitrogens with zero attached hydrogens (tertiary/aromatic N) is 2. The second kappa shape index (κ2) is 10.1. The fraction of sp³-hybridized carbons (Fsp3) is 0.357. The summed E-state index contributed by atoms with van der Waals surface area (Å²) >= 11 is 0. The third-order valence-electron chi connectivity index (χ3n) is 8.22. The summed E-state index contributed by atoms with van der Waals surface area (Å²) in [6, 6.07) is 14.0. The van der Waals surface area contributed by atoms with Crippen LogP contribution in [0.5, 0.6) is 0 Å².